The van der Waals surface area contributed by atoms with Crippen molar-refractivity contribution < 1.29 is 19.4 Å². The summed E-state index contributed by atoms with van der Waals surface area (Å²) in [4.78, 5) is 30.9. The van der Waals surface area contributed by atoms with Crippen molar-refractivity contribution in [2.45, 2.75) is 20.5 Å². The van der Waals surface area contributed by atoms with Crippen LogP contribution in [0, 0.1) is 13.8 Å². The molecular weight excluding hydrogens is 286 g/mol. The maximum Gasteiger partial charge on any atom is 0.413 e. The Bertz CT molecular complexity index is 701. The molecule has 2 rings (SSSR count). The zero-order valence-electron chi connectivity index (χ0n) is 12.2. The molecule has 0 unspecified atom stereocenters. The van der Waals surface area contributed by atoms with Gasteiger partial charge in [0.2, 0.25) is 0 Å². The molecule has 1 aromatic carbocycles. The molecule has 1 aromatic heterocycles. The Kier molecular flexibility index (Phi) is 4.67. The van der Waals surface area contributed by atoms with Crippen LogP contribution in [0.5, 0.6) is 0 Å². The predicted octanol–water partition coefficient (Wildman–Crippen LogP) is 2.54. The first-order chi connectivity index (χ1) is 10.5. The van der Waals surface area contributed by atoms with E-state index in [0.29, 0.717) is 11.4 Å². The van der Waals surface area contributed by atoms with Crippen LogP contribution >= 0.6 is 0 Å². The van der Waals surface area contributed by atoms with Gasteiger partial charge in [-0.05, 0) is 19.4 Å². The fourth-order valence-corrected chi connectivity index (χ4v) is 1.70. The number of ether oxygens (including phenoxy) is 1. The molecule has 2 aromatic rings. The Labute approximate surface area is 127 Å². The van der Waals surface area contributed by atoms with Gasteiger partial charge in [-0.1, -0.05) is 30.3 Å². The number of carbonyl (C=O) groups is 2. The van der Waals surface area contributed by atoms with Crippen LogP contribution in [0.25, 0.3) is 0 Å². The smallest absolute Gasteiger partial charge is 0.413 e. The summed E-state index contributed by atoms with van der Waals surface area (Å²) in [6.07, 6.45) is -0.788. The van der Waals surface area contributed by atoms with Crippen LogP contribution in [0.15, 0.2) is 30.3 Å². The molecule has 22 heavy (non-hydrogen) atoms. The normalized spacial score (nSPS) is 10.1. The van der Waals surface area contributed by atoms with Crippen molar-refractivity contribution >= 4 is 17.9 Å². The number of carboxylic acid groups (broad SMARTS) is 1. The number of benzene rings is 1. The third-order valence-electron chi connectivity index (χ3n) is 2.94. The molecule has 7 nitrogen and oxygen atoms in total. The van der Waals surface area contributed by atoms with Crippen molar-refractivity contribution in [3.05, 3.63) is 53.0 Å². The van der Waals surface area contributed by atoms with E-state index in [2.05, 4.69) is 15.3 Å². The number of nitrogens with one attached hydrogen (secondary N) is 1. The van der Waals surface area contributed by atoms with Gasteiger partial charge in [0.15, 0.2) is 11.5 Å². The van der Waals surface area contributed by atoms with Gasteiger partial charge in [-0.15, -0.1) is 0 Å². The Morgan fingerprint density at radius 1 is 1.14 bits per heavy atom. The van der Waals surface area contributed by atoms with E-state index in [9.17, 15) is 9.59 Å². The average molecular weight is 301 g/mol. The maximum absolute atomic E-state index is 11.8. The van der Waals surface area contributed by atoms with Crippen molar-refractivity contribution in [1.29, 1.82) is 0 Å². The highest BCUT2D eigenvalue weighted by molar-refractivity contribution is 5.95. The molecule has 0 saturated heterocycles. The molecule has 0 aliphatic carbocycles. The molecule has 0 radical (unpaired) electrons. The van der Waals surface area contributed by atoms with Crippen molar-refractivity contribution in [1.82, 2.24) is 9.97 Å². The first-order valence-electron chi connectivity index (χ1n) is 6.53. The molecule has 0 spiro atoms. The highest BCUT2D eigenvalue weighted by atomic mass is 16.5. The van der Waals surface area contributed by atoms with E-state index in [1.807, 2.05) is 30.3 Å². The van der Waals surface area contributed by atoms with Gasteiger partial charge in [0.25, 0.3) is 0 Å². The van der Waals surface area contributed by atoms with Gasteiger partial charge in [-0.3, -0.25) is 5.32 Å². The second kappa shape index (κ2) is 6.66. The minimum Gasteiger partial charge on any atom is -0.476 e. The number of nitrogens with zero attached hydrogens (tertiary/aromatic N) is 2. The van der Waals surface area contributed by atoms with Crippen molar-refractivity contribution in [2.24, 2.45) is 0 Å². The van der Waals surface area contributed by atoms with Gasteiger partial charge >= 0.3 is 12.1 Å². The van der Waals surface area contributed by atoms with E-state index in [0.717, 1.165) is 5.56 Å². The minimum absolute atomic E-state index is 0.0767. The van der Waals surface area contributed by atoms with Gasteiger partial charge < -0.3 is 9.84 Å². The molecule has 2 N–H and O–H groups in total. The van der Waals surface area contributed by atoms with Gasteiger partial charge in [0.1, 0.15) is 6.61 Å². The van der Waals surface area contributed by atoms with Gasteiger partial charge in [0, 0.05) is 0 Å². The quantitative estimate of drug-likeness (QED) is 0.899. The Balaban J connectivity index is 2.08. The lowest BCUT2D eigenvalue weighted by molar-refractivity contribution is 0.0691. The first kappa shape index (κ1) is 15.4. The number of carboxylic acids is 1. The summed E-state index contributed by atoms with van der Waals surface area (Å²) < 4.78 is 5.03. The summed E-state index contributed by atoms with van der Waals surface area (Å²) >= 11 is 0. The van der Waals surface area contributed by atoms with E-state index in [-0.39, 0.29) is 18.1 Å². The summed E-state index contributed by atoms with van der Waals surface area (Å²) in [6.45, 7) is 3.40. The van der Waals surface area contributed by atoms with Crippen LogP contribution in [0.3, 0.4) is 0 Å². The number of carbonyl (C=O) groups excluding carboxylic acids is 1. The van der Waals surface area contributed by atoms with Crippen LogP contribution in [-0.2, 0) is 11.3 Å². The monoisotopic (exact) mass is 301 g/mol. The number of hydrogen-bond donors (Lipinski definition) is 2. The van der Waals surface area contributed by atoms with E-state index >= 15 is 0 Å². The molecule has 0 aliphatic heterocycles. The molecule has 1 heterocycles. The summed E-state index contributed by atoms with van der Waals surface area (Å²) in [6, 6.07) is 9.13. The van der Waals surface area contributed by atoms with Crippen LogP contribution in [0.2, 0.25) is 0 Å². The van der Waals surface area contributed by atoms with Crippen LogP contribution in [0.4, 0.5) is 10.6 Å². The summed E-state index contributed by atoms with van der Waals surface area (Å²) in [5.41, 5.74) is 1.52. The second-order valence-corrected chi connectivity index (χ2v) is 4.58. The fourth-order valence-electron chi connectivity index (χ4n) is 1.70. The zero-order chi connectivity index (χ0) is 16.1. The molecule has 114 valence electrons. The Hall–Kier alpha value is -2.96. The number of aromatic nitrogens is 2. The van der Waals surface area contributed by atoms with E-state index < -0.39 is 12.1 Å². The summed E-state index contributed by atoms with van der Waals surface area (Å²) in [5, 5.41) is 11.4. The second-order valence-electron chi connectivity index (χ2n) is 4.58. The standard InChI is InChI=1S/C15H15N3O4/c1-9-10(2)17-13(12(16-9)14(19)20)18-15(21)22-8-11-6-4-3-5-7-11/h3-7H,8H2,1-2H3,(H,19,20)(H,17,18,21). The topological polar surface area (TPSA) is 101 Å². The minimum atomic E-state index is -1.27. The molecular formula is C15H15N3O4. The lowest BCUT2D eigenvalue weighted by atomic mass is 10.2. The molecule has 0 fully saturated rings. The molecule has 0 aliphatic rings. The molecule has 0 saturated carbocycles. The number of anilines is 1. The van der Waals surface area contributed by atoms with Crippen LogP contribution < -0.4 is 5.32 Å². The molecule has 7 heteroatoms. The number of amides is 1. The first-order valence-corrected chi connectivity index (χ1v) is 6.53. The molecule has 0 atom stereocenters. The highest BCUT2D eigenvalue weighted by Crippen LogP contribution is 2.14. The summed E-state index contributed by atoms with van der Waals surface area (Å²) in [5.74, 6) is -1.40. The van der Waals surface area contributed by atoms with E-state index in [4.69, 9.17) is 9.84 Å². The van der Waals surface area contributed by atoms with Gasteiger partial charge in [0.05, 0.1) is 11.4 Å². The SMILES string of the molecule is Cc1nc(NC(=O)OCc2ccccc2)c(C(=O)O)nc1C. The van der Waals surface area contributed by atoms with Crippen LogP contribution in [-0.4, -0.2) is 27.1 Å². The van der Waals surface area contributed by atoms with Crippen molar-refractivity contribution in [3.63, 3.8) is 0 Å². The molecule has 1 amide bonds. The van der Waals surface area contributed by atoms with Gasteiger partial charge in [-0.25, -0.2) is 19.6 Å². The highest BCUT2D eigenvalue weighted by Gasteiger charge is 2.18. The van der Waals surface area contributed by atoms with Crippen molar-refractivity contribution in [3.8, 4) is 0 Å². The van der Waals surface area contributed by atoms with E-state index in [1.54, 1.807) is 13.8 Å². The maximum atomic E-state index is 11.8. The van der Waals surface area contributed by atoms with Gasteiger partial charge in [-0.2, -0.15) is 0 Å². The summed E-state index contributed by atoms with van der Waals surface area (Å²) in [7, 11) is 0. The third-order valence-corrected chi connectivity index (χ3v) is 2.94. The Morgan fingerprint density at radius 2 is 1.77 bits per heavy atom. The largest absolute Gasteiger partial charge is 0.476 e. The average Bonchev–Trinajstić information content (AvgIpc) is 2.49. The van der Waals surface area contributed by atoms with E-state index in [1.165, 1.54) is 0 Å². The zero-order valence-corrected chi connectivity index (χ0v) is 12.2. The number of hydrogen-bond acceptors (Lipinski definition) is 5. The Morgan fingerprint density at radius 3 is 2.41 bits per heavy atom. The molecule has 0 bridgehead atoms. The number of aromatic carboxylic acids is 1. The number of rotatable bonds is 4. The third kappa shape index (κ3) is 3.78. The predicted molar refractivity (Wildman–Crippen MR) is 78.7 cm³/mol. The van der Waals surface area contributed by atoms with Crippen LogP contribution in [0.1, 0.15) is 27.4 Å². The fraction of sp³-hybridized carbons (Fsp3) is 0.200. The lowest BCUT2D eigenvalue weighted by Crippen LogP contribution is -2.19. The lowest BCUT2D eigenvalue weighted by Gasteiger charge is -2.10. The number of aryl methyl sites for hydroxylation is 2. The van der Waals surface area contributed by atoms with Crippen molar-refractivity contribution in [2.75, 3.05) is 5.32 Å².